The Bertz CT molecular complexity index is 1060. The summed E-state index contributed by atoms with van der Waals surface area (Å²) in [6, 6.07) is 9.21. The van der Waals surface area contributed by atoms with Crippen LogP contribution < -0.4 is 14.8 Å². The van der Waals surface area contributed by atoms with Crippen LogP contribution in [-0.4, -0.2) is 80.2 Å². The first-order chi connectivity index (χ1) is 15.3. The topological polar surface area (TPSA) is 157 Å². The van der Waals surface area contributed by atoms with E-state index in [-0.39, 0.29) is 17.2 Å². The van der Waals surface area contributed by atoms with E-state index >= 15 is 0 Å². The third-order valence-electron chi connectivity index (χ3n) is 4.78. The van der Waals surface area contributed by atoms with Crippen molar-refractivity contribution in [2.45, 2.75) is 24.4 Å². The van der Waals surface area contributed by atoms with Crippen LogP contribution in [0, 0.1) is 5.82 Å². The van der Waals surface area contributed by atoms with Gasteiger partial charge in [-0.15, -0.1) is 0 Å². The molecule has 1 heterocycles. The molecule has 11 heteroatoms. The lowest BCUT2D eigenvalue weighted by Gasteiger charge is -2.25. The summed E-state index contributed by atoms with van der Waals surface area (Å²) in [5.41, 5.74) is 0.660. The van der Waals surface area contributed by atoms with Crippen LogP contribution in [0.15, 0.2) is 42.7 Å². The van der Waals surface area contributed by atoms with Crippen LogP contribution in [0.5, 0.6) is 11.5 Å². The van der Waals surface area contributed by atoms with E-state index in [1.165, 1.54) is 25.6 Å². The summed E-state index contributed by atoms with van der Waals surface area (Å²) >= 11 is 0. The summed E-state index contributed by atoms with van der Waals surface area (Å²) in [4.78, 5) is 8.33. The maximum atomic E-state index is 14.0. The predicted molar refractivity (Wildman–Crippen MR) is 112 cm³/mol. The number of fused-ring (bicyclic) bond motifs is 1. The number of para-hydroxylation sites is 1. The average Bonchev–Trinajstić information content (AvgIpc) is 2.81. The van der Waals surface area contributed by atoms with Gasteiger partial charge in [0.25, 0.3) is 0 Å². The molecule has 32 heavy (non-hydrogen) atoms. The maximum Gasteiger partial charge on any atom is 0.163 e. The lowest BCUT2D eigenvalue weighted by Crippen LogP contribution is -2.47. The summed E-state index contributed by atoms with van der Waals surface area (Å²) in [5, 5.41) is 51.4. The number of halogens is 1. The summed E-state index contributed by atoms with van der Waals surface area (Å²) in [5.74, 6) is 0.314. The fraction of sp³-hybridized carbons (Fsp3) is 0.333. The standard InChI is InChI=1S/C21H24FN3O7/c1-31-17-6-11-14(23-10-24-21(11)25-13-5-3-2-4-12(13)22)7-18(17)32-9-16(28)20(30)19(29)15(27)8-26/h2-7,10,15-16,19-20,26-30H,8-9H2,1H3,(H,23,24,25)/t15-,16-,19+,20+/m1/s1. The zero-order valence-electron chi connectivity index (χ0n) is 17.1. The Morgan fingerprint density at radius 2 is 1.72 bits per heavy atom. The number of nitrogens with one attached hydrogen (secondary N) is 1. The number of anilines is 2. The monoisotopic (exact) mass is 449 g/mol. The van der Waals surface area contributed by atoms with E-state index in [1.807, 2.05) is 0 Å². The molecule has 0 spiro atoms. The van der Waals surface area contributed by atoms with Crippen molar-refractivity contribution in [3.63, 3.8) is 0 Å². The summed E-state index contributed by atoms with van der Waals surface area (Å²) < 4.78 is 24.9. The van der Waals surface area contributed by atoms with E-state index < -0.39 is 43.4 Å². The molecule has 4 atom stereocenters. The van der Waals surface area contributed by atoms with E-state index in [0.29, 0.717) is 16.7 Å². The van der Waals surface area contributed by atoms with Crippen LogP contribution in [0.4, 0.5) is 15.9 Å². The van der Waals surface area contributed by atoms with Gasteiger partial charge in [0.2, 0.25) is 0 Å². The number of aliphatic hydroxyl groups is 5. The van der Waals surface area contributed by atoms with Gasteiger partial charge in [-0.1, -0.05) is 12.1 Å². The van der Waals surface area contributed by atoms with Crippen molar-refractivity contribution >= 4 is 22.4 Å². The van der Waals surface area contributed by atoms with Gasteiger partial charge in [0.15, 0.2) is 11.5 Å². The highest BCUT2D eigenvalue weighted by molar-refractivity contribution is 5.93. The number of hydrogen-bond acceptors (Lipinski definition) is 10. The molecule has 0 aliphatic carbocycles. The molecule has 0 fully saturated rings. The van der Waals surface area contributed by atoms with Crippen LogP contribution in [0.25, 0.3) is 10.9 Å². The SMILES string of the molecule is COc1cc2c(Nc3ccccc3F)ncnc2cc1OC[C@@H](O)[C@H](O)[C@@H](O)[C@H](O)CO. The van der Waals surface area contributed by atoms with E-state index in [0.717, 1.165) is 0 Å². The van der Waals surface area contributed by atoms with E-state index in [2.05, 4.69) is 15.3 Å². The Hall–Kier alpha value is -3.09. The quantitative estimate of drug-likeness (QED) is 0.255. The Kier molecular flexibility index (Phi) is 7.72. The van der Waals surface area contributed by atoms with Gasteiger partial charge in [-0.25, -0.2) is 14.4 Å². The maximum absolute atomic E-state index is 14.0. The third kappa shape index (κ3) is 5.21. The van der Waals surface area contributed by atoms with Crippen molar-refractivity contribution in [1.82, 2.24) is 9.97 Å². The molecule has 0 bridgehead atoms. The average molecular weight is 449 g/mol. The van der Waals surface area contributed by atoms with Crippen molar-refractivity contribution in [3.8, 4) is 11.5 Å². The first-order valence-electron chi connectivity index (χ1n) is 9.66. The molecule has 2 aromatic carbocycles. The Morgan fingerprint density at radius 1 is 1.00 bits per heavy atom. The second kappa shape index (κ2) is 10.5. The number of hydrogen-bond donors (Lipinski definition) is 6. The van der Waals surface area contributed by atoms with Gasteiger partial charge in [0, 0.05) is 11.5 Å². The lowest BCUT2D eigenvalue weighted by molar-refractivity contribution is -0.121. The number of ether oxygens (including phenoxy) is 2. The molecule has 0 saturated heterocycles. The van der Waals surface area contributed by atoms with Crippen molar-refractivity contribution in [3.05, 3.63) is 48.5 Å². The van der Waals surface area contributed by atoms with E-state index in [1.54, 1.807) is 24.3 Å². The van der Waals surface area contributed by atoms with Gasteiger partial charge in [0.1, 0.15) is 49.0 Å². The Morgan fingerprint density at radius 3 is 2.41 bits per heavy atom. The molecular formula is C21H24FN3O7. The molecule has 172 valence electrons. The number of benzene rings is 2. The number of methoxy groups -OCH3 is 1. The lowest BCUT2D eigenvalue weighted by atomic mass is 10.0. The van der Waals surface area contributed by atoms with Crippen molar-refractivity contribution < 1.29 is 39.4 Å². The molecule has 0 radical (unpaired) electrons. The second-order valence-corrected chi connectivity index (χ2v) is 6.96. The number of aliphatic hydroxyl groups excluding tert-OH is 5. The third-order valence-corrected chi connectivity index (χ3v) is 4.78. The molecule has 3 rings (SSSR count). The fourth-order valence-corrected chi connectivity index (χ4v) is 2.96. The first kappa shape index (κ1) is 23.6. The van der Waals surface area contributed by atoms with Crippen LogP contribution in [0.3, 0.4) is 0 Å². The molecule has 0 aliphatic heterocycles. The summed E-state index contributed by atoms with van der Waals surface area (Å²) in [6.07, 6.45) is -5.44. The van der Waals surface area contributed by atoms with Gasteiger partial charge in [0.05, 0.1) is 24.9 Å². The summed E-state index contributed by atoms with van der Waals surface area (Å²) in [6.45, 7) is -1.24. The number of nitrogens with zero attached hydrogens (tertiary/aromatic N) is 2. The molecule has 0 unspecified atom stereocenters. The van der Waals surface area contributed by atoms with E-state index in [9.17, 15) is 24.8 Å². The van der Waals surface area contributed by atoms with E-state index in [4.69, 9.17) is 14.6 Å². The molecule has 10 nitrogen and oxygen atoms in total. The van der Waals surface area contributed by atoms with Crippen LogP contribution in [0.2, 0.25) is 0 Å². The zero-order chi connectivity index (χ0) is 23.3. The van der Waals surface area contributed by atoms with Crippen LogP contribution in [-0.2, 0) is 0 Å². The largest absolute Gasteiger partial charge is 0.493 e. The van der Waals surface area contributed by atoms with Crippen molar-refractivity contribution in [1.29, 1.82) is 0 Å². The predicted octanol–water partition coefficient (Wildman–Crippen LogP) is 0.336. The number of aromatic nitrogens is 2. The molecular weight excluding hydrogens is 425 g/mol. The summed E-state index contributed by atoms with van der Waals surface area (Å²) in [7, 11) is 1.40. The smallest absolute Gasteiger partial charge is 0.163 e. The molecule has 0 saturated carbocycles. The molecule has 1 aromatic heterocycles. The minimum Gasteiger partial charge on any atom is -0.493 e. The highest BCUT2D eigenvalue weighted by Crippen LogP contribution is 2.35. The second-order valence-electron chi connectivity index (χ2n) is 6.96. The molecule has 0 amide bonds. The van der Waals surface area contributed by atoms with Crippen molar-refractivity contribution in [2.24, 2.45) is 0 Å². The van der Waals surface area contributed by atoms with Gasteiger partial charge in [-0.05, 0) is 18.2 Å². The number of rotatable bonds is 10. The highest BCUT2D eigenvalue weighted by atomic mass is 19.1. The van der Waals surface area contributed by atoms with Gasteiger partial charge < -0.3 is 40.3 Å². The van der Waals surface area contributed by atoms with Crippen LogP contribution in [0.1, 0.15) is 0 Å². The van der Waals surface area contributed by atoms with Gasteiger partial charge >= 0.3 is 0 Å². The minimum absolute atomic E-state index is 0.180. The van der Waals surface area contributed by atoms with Crippen molar-refractivity contribution in [2.75, 3.05) is 25.6 Å². The first-order valence-corrected chi connectivity index (χ1v) is 9.66. The van der Waals surface area contributed by atoms with Crippen LogP contribution >= 0.6 is 0 Å². The Labute approximate surface area is 182 Å². The molecule has 3 aromatic rings. The minimum atomic E-state index is -1.77. The fourth-order valence-electron chi connectivity index (χ4n) is 2.96. The Balaban J connectivity index is 1.82. The van der Waals surface area contributed by atoms with Gasteiger partial charge in [-0.3, -0.25) is 0 Å². The normalized spacial score (nSPS) is 15.1. The van der Waals surface area contributed by atoms with Gasteiger partial charge in [-0.2, -0.15) is 0 Å². The highest BCUT2D eigenvalue weighted by Gasteiger charge is 2.30. The molecule has 6 N–H and O–H groups in total. The zero-order valence-corrected chi connectivity index (χ0v) is 17.1. The molecule has 0 aliphatic rings.